The van der Waals surface area contributed by atoms with Gasteiger partial charge in [-0.3, -0.25) is 4.79 Å². The van der Waals surface area contributed by atoms with E-state index in [9.17, 15) is 4.79 Å². The van der Waals surface area contributed by atoms with Gasteiger partial charge < -0.3 is 10.3 Å². The number of hydrogen-bond donors (Lipinski definition) is 1. The Morgan fingerprint density at radius 2 is 2.36 bits per heavy atom. The standard InChI is InChI=1S/C8H11N5O/c1-12-5-10-7-6(8(12)14)4-11-13(7)3-2-9/h4-5H,2-3,9H2,1H3. The van der Waals surface area contributed by atoms with Crippen molar-refractivity contribution in [3.63, 3.8) is 0 Å². The Morgan fingerprint density at radius 3 is 3.07 bits per heavy atom. The Kier molecular flexibility index (Phi) is 2.05. The molecule has 2 heterocycles. The molecule has 0 radical (unpaired) electrons. The number of aryl methyl sites for hydroxylation is 1. The van der Waals surface area contributed by atoms with E-state index in [2.05, 4.69) is 10.1 Å². The summed E-state index contributed by atoms with van der Waals surface area (Å²) in [4.78, 5) is 15.7. The summed E-state index contributed by atoms with van der Waals surface area (Å²) < 4.78 is 3.06. The van der Waals surface area contributed by atoms with Gasteiger partial charge in [0, 0.05) is 13.6 Å². The van der Waals surface area contributed by atoms with Crippen molar-refractivity contribution in [3.05, 3.63) is 22.9 Å². The van der Waals surface area contributed by atoms with E-state index >= 15 is 0 Å². The third kappa shape index (κ3) is 1.20. The second kappa shape index (κ2) is 3.22. The summed E-state index contributed by atoms with van der Waals surface area (Å²) in [6, 6.07) is 0. The van der Waals surface area contributed by atoms with E-state index in [1.165, 1.54) is 17.1 Å². The van der Waals surface area contributed by atoms with Gasteiger partial charge in [-0.05, 0) is 0 Å². The van der Waals surface area contributed by atoms with Crippen LogP contribution in [-0.4, -0.2) is 25.9 Å². The monoisotopic (exact) mass is 193 g/mol. The molecule has 0 spiro atoms. The zero-order valence-electron chi connectivity index (χ0n) is 7.84. The average Bonchev–Trinajstić information content (AvgIpc) is 2.57. The Labute approximate surface area is 80.0 Å². The molecule has 0 atom stereocenters. The third-order valence-electron chi connectivity index (χ3n) is 2.06. The smallest absolute Gasteiger partial charge is 0.264 e. The molecule has 2 rings (SSSR count). The number of nitrogens with two attached hydrogens (primary N) is 1. The molecule has 2 N–H and O–H groups in total. The predicted octanol–water partition coefficient (Wildman–Crippen LogP) is -0.911. The van der Waals surface area contributed by atoms with Crippen molar-refractivity contribution in [3.8, 4) is 0 Å². The van der Waals surface area contributed by atoms with E-state index in [4.69, 9.17) is 5.73 Å². The van der Waals surface area contributed by atoms with Crippen LogP contribution in [0.1, 0.15) is 0 Å². The fraction of sp³-hybridized carbons (Fsp3) is 0.375. The van der Waals surface area contributed by atoms with Crippen LogP contribution >= 0.6 is 0 Å². The normalized spacial score (nSPS) is 11.0. The van der Waals surface area contributed by atoms with Crippen molar-refractivity contribution in [1.82, 2.24) is 19.3 Å². The molecule has 0 fully saturated rings. The Hall–Kier alpha value is -1.69. The number of hydrogen-bond acceptors (Lipinski definition) is 4. The first kappa shape index (κ1) is 8.89. The molecule has 0 aliphatic heterocycles. The molecule has 0 aliphatic rings. The predicted molar refractivity (Wildman–Crippen MR) is 51.8 cm³/mol. The van der Waals surface area contributed by atoms with Crippen molar-refractivity contribution in [2.45, 2.75) is 6.54 Å². The number of fused-ring (bicyclic) bond motifs is 1. The molecule has 6 heteroatoms. The molecule has 74 valence electrons. The van der Waals surface area contributed by atoms with Crippen LogP contribution in [0.3, 0.4) is 0 Å². The maximum absolute atomic E-state index is 11.6. The maximum atomic E-state index is 11.6. The van der Waals surface area contributed by atoms with Crippen molar-refractivity contribution in [2.24, 2.45) is 12.8 Å². The molecule has 0 bridgehead atoms. The van der Waals surface area contributed by atoms with E-state index in [0.717, 1.165) is 0 Å². The SMILES string of the molecule is Cn1cnc2c(cnn2CCN)c1=O. The van der Waals surface area contributed by atoms with Crippen molar-refractivity contribution in [1.29, 1.82) is 0 Å². The lowest BCUT2D eigenvalue weighted by atomic mass is 10.4. The first-order chi connectivity index (χ1) is 6.74. The third-order valence-corrected chi connectivity index (χ3v) is 2.06. The molecule has 0 aromatic carbocycles. The summed E-state index contributed by atoms with van der Waals surface area (Å²) in [6.45, 7) is 1.05. The van der Waals surface area contributed by atoms with Crippen LogP contribution in [0.5, 0.6) is 0 Å². The first-order valence-corrected chi connectivity index (χ1v) is 4.31. The van der Waals surface area contributed by atoms with Gasteiger partial charge in [-0.2, -0.15) is 5.10 Å². The lowest BCUT2D eigenvalue weighted by Crippen LogP contribution is -2.17. The van der Waals surface area contributed by atoms with Crippen LogP contribution in [-0.2, 0) is 13.6 Å². The van der Waals surface area contributed by atoms with E-state index in [1.54, 1.807) is 11.7 Å². The highest BCUT2D eigenvalue weighted by atomic mass is 16.1. The zero-order valence-corrected chi connectivity index (χ0v) is 7.84. The molecule has 0 aliphatic carbocycles. The summed E-state index contributed by atoms with van der Waals surface area (Å²) >= 11 is 0. The van der Waals surface area contributed by atoms with Gasteiger partial charge in [0.25, 0.3) is 5.56 Å². The van der Waals surface area contributed by atoms with Crippen molar-refractivity contribution < 1.29 is 0 Å². The molecule has 0 unspecified atom stereocenters. The minimum absolute atomic E-state index is 0.0849. The fourth-order valence-corrected chi connectivity index (χ4v) is 1.34. The van der Waals surface area contributed by atoms with Gasteiger partial charge in [-0.1, -0.05) is 0 Å². The fourth-order valence-electron chi connectivity index (χ4n) is 1.34. The minimum atomic E-state index is -0.0849. The maximum Gasteiger partial charge on any atom is 0.264 e. The van der Waals surface area contributed by atoms with Gasteiger partial charge in [-0.25, -0.2) is 9.67 Å². The van der Waals surface area contributed by atoms with Crippen molar-refractivity contribution in [2.75, 3.05) is 6.54 Å². The summed E-state index contributed by atoms with van der Waals surface area (Å²) in [7, 11) is 1.66. The van der Waals surface area contributed by atoms with Gasteiger partial charge in [0.15, 0.2) is 5.65 Å². The van der Waals surface area contributed by atoms with Crippen molar-refractivity contribution >= 4 is 11.0 Å². The Balaban J connectivity index is 2.71. The number of rotatable bonds is 2. The molecular formula is C8H11N5O. The second-order valence-electron chi connectivity index (χ2n) is 3.05. The highest BCUT2D eigenvalue weighted by Crippen LogP contribution is 2.03. The highest BCUT2D eigenvalue weighted by Gasteiger charge is 2.07. The highest BCUT2D eigenvalue weighted by molar-refractivity contribution is 5.72. The topological polar surface area (TPSA) is 78.7 Å². The van der Waals surface area contributed by atoms with Gasteiger partial charge in [0.2, 0.25) is 0 Å². The lowest BCUT2D eigenvalue weighted by molar-refractivity contribution is 0.638. The van der Waals surface area contributed by atoms with Crippen LogP contribution in [0.4, 0.5) is 0 Å². The van der Waals surface area contributed by atoms with Crippen LogP contribution in [0.25, 0.3) is 11.0 Å². The van der Waals surface area contributed by atoms with Gasteiger partial charge in [0.1, 0.15) is 5.39 Å². The molecule has 2 aromatic rings. The van der Waals surface area contributed by atoms with Gasteiger partial charge in [-0.15, -0.1) is 0 Å². The summed E-state index contributed by atoms with van der Waals surface area (Å²) in [5, 5.41) is 4.58. The second-order valence-corrected chi connectivity index (χ2v) is 3.05. The molecule has 14 heavy (non-hydrogen) atoms. The Morgan fingerprint density at radius 1 is 1.57 bits per heavy atom. The molecular weight excluding hydrogens is 182 g/mol. The lowest BCUT2D eigenvalue weighted by Gasteiger charge is -1.99. The van der Waals surface area contributed by atoms with Crippen LogP contribution in [0.2, 0.25) is 0 Å². The molecule has 2 aromatic heterocycles. The minimum Gasteiger partial charge on any atom is -0.329 e. The van der Waals surface area contributed by atoms with Gasteiger partial charge in [0.05, 0.1) is 19.1 Å². The molecule has 6 nitrogen and oxygen atoms in total. The summed E-state index contributed by atoms with van der Waals surface area (Å²) in [6.07, 6.45) is 3.01. The van der Waals surface area contributed by atoms with Crippen LogP contribution in [0, 0.1) is 0 Å². The van der Waals surface area contributed by atoms with E-state index in [1.807, 2.05) is 0 Å². The molecule has 0 amide bonds. The number of aromatic nitrogens is 4. The van der Waals surface area contributed by atoms with Crippen LogP contribution < -0.4 is 11.3 Å². The molecule has 0 saturated carbocycles. The van der Waals surface area contributed by atoms with Gasteiger partial charge >= 0.3 is 0 Å². The van der Waals surface area contributed by atoms with E-state index in [0.29, 0.717) is 24.1 Å². The van der Waals surface area contributed by atoms with E-state index in [-0.39, 0.29) is 5.56 Å². The summed E-state index contributed by atoms with van der Waals surface area (Å²) in [5.41, 5.74) is 5.92. The summed E-state index contributed by atoms with van der Waals surface area (Å²) in [5.74, 6) is 0. The van der Waals surface area contributed by atoms with Crippen LogP contribution in [0.15, 0.2) is 17.3 Å². The first-order valence-electron chi connectivity index (χ1n) is 4.31. The average molecular weight is 193 g/mol. The zero-order chi connectivity index (χ0) is 10.1. The molecule has 0 saturated heterocycles. The number of nitrogens with zero attached hydrogens (tertiary/aromatic N) is 4. The Bertz CT molecular complexity index is 512. The largest absolute Gasteiger partial charge is 0.329 e. The van der Waals surface area contributed by atoms with E-state index < -0.39 is 0 Å². The quantitative estimate of drug-likeness (QED) is 0.669.